The molecule has 1 aliphatic heterocycles. The topological polar surface area (TPSA) is 12.5 Å². The van der Waals surface area contributed by atoms with E-state index >= 15 is 0 Å². The molecule has 2 nitrogen and oxygen atoms in total. The molecule has 1 heterocycles. The highest BCUT2D eigenvalue weighted by atomic mass is 16.7. The lowest BCUT2D eigenvalue weighted by Crippen LogP contribution is -2.58. The number of hydrogen-bond donors (Lipinski definition) is 0. The van der Waals surface area contributed by atoms with E-state index in [9.17, 15) is 0 Å². The first-order chi connectivity index (χ1) is 10.8. The summed E-state index contributed by atoms with van der Waals surface area (Å²) in [6.07, 6.45) is 3.68. The van der Waals surface area contributed by atoms with Gasteiger partial charge in [-0.2, -0.15) is 5.06 Å². The Balaban J connectivity index is 1.85. The average Bonchev–Trinajstić information content (AvgIpc) is 2.50. The summed E-state index contributed by atoms with van der Waals surface area (Å²) in [6, 6.07) is 15.1. The van der Waals surface area contributed by atoms with Crippen molar-refractivity contribution in [2.45, 2.75) is 71.1 Å². The highest BCUT2D eigenvalue weighted by Crippen LogP contribution is 2.40. The van der Waals surface area contributed by atoms with E-state index in [0.29, 0.717) is 0 Å². The van der Waals surface area contributed by atoms with E-state index in [0.717, 1.165) is 0 Å². The second-order valence-corrected chi connectivity index (χ2v) is 8.13. The van der Waals surface area contributed by atoms with Crippen LogP contribution >= 0.6 is 0 Å². The third-order valence-electron chi connectivity index (χ3n) is 5.18. The molecule has 1 aliphatic rings. The lowest BCUT2D eigenvalue weighted by Gasteiger charge is -2.52. The van der Waals surface area contributed by atoms with Gasteiger partial charge >= 0.3 is 0 Å². The Hall–Kier alpha value is -1.38. The van der Waals surface area contributed by atoms with Crippen LogP contribution in [0.25, 0.3) is 10.8 Å². The first kappa shape index (κ1) is 16.5. The highest BCUT2D eigenvalue weighted by Gasteiger charge is 2.43. The lowest BCUT2D eigenvalue weighted by molar-refractivity contribution is -0.304. The van der Waals surface area contributed by atoms with Crippen molar-refractivity contribution in [1.82, 2.24) is 5.06 Å². The fourth-order valence-corrected chi connectivity index (χ4v) is 3.94. The van der Waals surface area contributed by atoms with E-state index in [2.05, 4.69) is 82.1 Å². The zero-order valence-electron chi connectivity index (χ0n) is 15.1. The Kier molecular flexibility index (Phi) is 4.24. The van der Waals surface area contributed by atoms with Gasteiger partial charge in [-0.25, -0.2) is 0 Å². The van der Waals surface area contributed by atoms with Crippen molar-refractivity contribution in [2.75, 3.05) is 0 Å². The summed E-state index contributed by atoms with van der Waals surface area (Å²) in [4.78, 5) is 6.49. The first-order valence-electron chi connectivity index (χ1n) is 8.75. The van der Waals surface area contributed by atoms with Gasteiger partial charge in [0.05, 0.1) is 0 Å². The van der Waals surface area contributed by atoms with Crippen LogP contribution in [0.2, 0.25) is 0 Å². The van der Waals surface area contributed by atoms with Crippen LogP contribution in [0.15, 0.2) is 42.5 Å². The Morgan fingerprint density at radius 1 is 0.913 bits per heavy atom. The summed E-state index contributed by atoms with van der Waals surface area (Å²) >= 11 is 0. The van der Waals surface area contributed by atoms with Crippen LogP contribution in [0.1, 0.15) is 65.5 Å². The predicted octanol–water partition coefficient (Wildman–Crippen LogP) is 5.88. The molecule has 1 fully saturated rings. The van der Waals surface area contributed by atoms with Crippen molar-refractivity contribution < 1.29 is 4.84 Å². The van der Waals surface area contributed by atoms with Crippen LogP contribution in [-0.4, -0.2) is 16.1 Å². The maximum atomic E-state index is 6.49. The van der Waals surface area contributed by atoms with Crippen LogP contribution in [-0.2, 0) is 4.84 Å². The van der Waals surface area contributed by atoms with Crippen LogP contribution in [0, 0.1) is 0 Å². The molecule has 1 saturated heterocycles. The monoisotopic (exact) mass is 311 g/mol. The number of fused-ring (bicyclic) bond motifs is 1. The molecule has 0 aliphatic carbocycles. The zero-order valence-corrected chi connectivity index (χ0v) is 15.1. The molecule has 0 bridgehead atoms. The average molecular weight is 311 g/mol. The number of rotatable bonds is 3. The summed E-state index contributed by atoms with van der Waals surface area (Å²) in [6.45, 7) is 11.3. The highest BCUT2D eigenvalue weighted by molar-refractivity contribution is 5.83. The third-order valence-corrected chi connectivity index (χ3v) is 5.18. The van der Waals surface area contributed by atoms with E-state index in [4.69, 9.17) is 4.84 Å². The van der Waals surface area contributed by atoms with Gasteiger partial charge in [-0.3, -0.25) is 4.84 Å². The molecule has 0 amide bonds. The van der Waals surface area contributed by atoms with Gasteiger partial charge in [0.2, 0.25) is 0 Å². The number of benzene rings is 2. The molecule has 0 spiro atoms. The van der Waals surface area contributed by atoms with Gasteiger partial charge in [0, 0.05) is 11.1 Å². The van der Waals surface area contributed by atoms with Crippen molar-refractivity contribution in [2.24, 2.45) is 0 Å². The standard InChI is InChI=1S/C21H29NO/c1-16(18-12-11-17-9-6-7-10-19(17)15-18)23-22-20(2,3)13-8-14-21(22,4)5/h6-7,9-12,15-16H,8,13-14H2,1-5H3. The molecule has 0 saturated carbocycles. The Labute approximate surface area is 140 Å². The molecule has 1 unspecified atom stereocenters. The van der Waals surface area contributed by atoms with Gasteiger partial charge in [-0.15, -0.1) is 0 Å². The Morgan fingerprint density at radius 2 is 1.52 bits per heavy atom. The van der Waals surface area contributed by atoms with Crippen molar-refractivity contribution >= 4 is 10.8 Å². The van der Waals surface area contributed by atoms with Crippen molar-refractivity contribution in [3.63, 3.8) is 0 Å². The van der Waals surface area contributed by atoms with E-state index in [1.54, 1.807) is 0 Å². The fraction of sp³-hybridized carbons (Fsp3) is 0.524. The summed E-state index contributed by atoms with van der Waals surface area (Å²) in [5, 5.41) is 4.81. The van der Waals surface area contributed by atoms with E-state index in [-0.39, 0.29) is 17.2 Å². The number of nitrogens with zero attached hydrogens (tertiary/aromatic N) is 1. The van der Waals surface area contributed by atoms with Gasteiger partial charge in [0.25, 0.3) is 0 Å². The fourth-order valence-electron chi connectivity index (χ4n) is 3.94. The minimum absolute atomic E-state index is 0.0521. The minimum atomic E-state index is 0.0521. The molecule has 2 aromatic carbocycles. The molecule has 124 valence electrons. The molecule has 0 N–H and O–H groups in total. The largest absolute Gasteiger partial charge is 0.290 e. The Morgan fingerprint density at radius 3 is 2.17 bits per heavy atom. The summed E-state index contributed by atoms with van der Waals surface area (Å²) in [5.41, 5.74) is 1.39. The zero-order chi connectivity index (χ0) is 16.7. The molecular formula is C21H29NO. The molecule has 2 aromatic rings. The lowest BCUT2D eigenvalue weighted by atomic mass is 9.82. The van der Waals surface area contributed by atoms with Gasteiger partial charge in [-0.05, 0) is 76.3 Å². The van der Waals surface area contributed by atoms with Gasteiger partial charge in [0.15, 0.2) is 0 Å². The molecular weight excluding hydrogens is 282 g/mol. The van der Waals surface area contributed by atoms with Crippen LogP contribution in [0.5, 0.6) is 0 Å². The van der Waals surface area contributed by atoms with Gasteiger partial charge in [-0.1, -0.05) is 36.4 Å². The van der Waals surface area contributed by atoms with Crippen molar-refractivity contribution in [1.29, 1.82) is 0 Å². The van der Waals surface area contributed by atoms with Crippen molar-refractivity contribution in [3.8, 4) is 0 Å². The normalized spacial score (nSPS) is 22.1. The Bertz CT molecular complexity index is 673. The molecule has 3 rings (SSSR count). The number of piperidine rings is 1. The molecule has 0 aromatic heterocycles. The SMILES string of the molecule is CC(ON1C(C)(C)CCCC1(C)C)c1ccc2ccccc2c1. The maximum absolute atomic E-state index is 6.49. The predicted molar refractivity (Wildman–Crippen MR) is 97.3 cm³/mol. The van der Waals surface area contributed by atoms with Crippen LogP contribution in [0.4, 0.5) is 0 Å². The molecule has 0 radical (unpaired) electrons. The smallest absolute Gasteiger partial charge is 0.102 e. The first-order valence-corrected chi connectivity index (χ1v) is 8.75. The van der Waals surface area contributed by atoms with Crippen LogP contribution < -0.4 is 0 Å². The van der Waals surface area contributed by atoms with E-state index in [1.807, 2.05) is 0 Å². The van der Waals surface area contributed by atoms with Crippen molar-refractivity contribution in [3.05, 3.63) is 48.0 Å². The minimum Gasteiger partial charge on any atom is -0.290 e. The quantitative estimate of drug-likeness (QED) is 0.702. The molecule has 23 heavy (non-hydrogen) atoms. The third kappa shape index (κ3) is 3.29. The second-order valence-electron chi connectivity index (χ2n) is 8.13. The second kappa shape index (κ2) is 5.92. The van der Waals surface area contributed by atoms with Gasteiger partial charge < -0.3 is 0 Å². The van der Waals surface area contributed by atoms with Crippen LogP contribution in [0.3, 0.4) is 0 Å². The number of hydroxylamine groups is 2. The van der Waals surface area contributed by atoms with E-state index < -0.39 is 0 Å². The molecule has 1 atom stereocenters. The molecule has 2 heteroatoms. The summed E-state index contributed by atoms with van der Waals surface area (Å²) < 4.78 is 0. The number of hydrogen-bond acceptors (Lipinski definition) is 2. The summed E-state index contributed by atoms with van der Waals surface area (Å²) in [5.74, 6) is 0. The maximum Gasteiger partial charge on any atom is 0.102 e. The van der Waals surface area contributed by atoms with E-state index in [1.165, 1.54) is 35.6 Å². The van der Waals surface area contributed by atoms with Gasteiger partial charge in [0.1, 0.15) is 6.10 Å². The summed E-state index contributed by atoms with van der Waals surface area (Å²) in [7, 11) is 0.